The Morgan fingerprint density at radius 2 is 1.92 bits per heavy atom. The van der Waals surface area contributed by atoms with Gasteiger partial charge in [-0.3, -0.25) is 4.79 Å². The van der Waals surface area contributed by atoms with Crippen molar-refractivity contribution < 1.29 is 14.3 Å². The monoisotopic (exact) mass is 354 g/mol. The van der Waals surface area contributed by atoms with Gasteiger partial charge < -0.3 is 14.0 Å². The van der Waals surface area contributed by atoms with Gasteiger partial charge in [0.1, 0.15) is 0 Å². The predicted molar refractivity (Wildman–Crippen MR) is 99.9 cm³/mol. The molecule has 1 aromatic heterocycles. The van der Waals surface area contributed by atoms with Crippen molar-refractivity contribution in [1.29, 1.82) is 0 Å². The number of amides is 1. The van der Waals surface area contributed by atoms with Crippen LogP contribution in [0.25, 0.3) is 16.3 Å². The summed E-state index contributed by atoms with van der Waals surface area (Å²) in [5.74, 6) is 0.874. The van der Waals surface area contributed by atoms with Crippen LogP contribution in [-0.2, 0) is 11.8 Å². The van der Waals surface area contributed by atoms with E-state index >= 15 is 0 Å². The van der Waals surface area contributed by atoms with Crippen molar-refractivity contribution >= 4 is 33.5 Å². The first-order valence-corrected chi connectivity index (χ1v) is 8.48. The Labute approximate surface area is 149 Å². The smallest absolute Gasteiger partial charge is 0.272 e. The van der Waals surface area contributed by atoms with Gasteiger partial charge in [0.2, 0.25) is 0 Å². The molecule has 1 heterocycles. The number of carbonyl (C=O) groups excluding carboxylic acids is 1. The van der Waals surface area contributed by atoms with Crippen LogP contribution in [0.2, 0.25) is 0 Å². The molecule has 0 aliphatic heterocycles. The molecule has 0 fully saturated rings. The number of methoxy groups -OCH3 is 2. The first-order valence-electron chi connectivity index (χ1n) is 7.66. The minimum Gasteiger partial charge on any atom is -0.493 e. The van der Waals surface area contributed by atoms with Gasteiger partial charge in [0.25, 0.3) is 5.91 Å². The topological polar surface area (TPSA) is 52.8 Å². The SMILES string of the molecule is COc1cccc(/C=C/C(=O)N=c2sc3ccccc3n2C)c1OC. The summed E-state index contributed by atoms with van der Waals surface area (Å²) >= 11 is 1.48. The zero-order valence-corrected chi connectivity index (χ0v) is 15.0. The minimum absolute atomic E-state index is 0.327. The summed E-state index contributed by atoms with van der Waals surface area (Å²) < 4.78 is 13.6. The Morgan fingerprint density at radius 1 is 1.12 bits per heavy atom. The number of fused-ring (bicyclic) bond motifs is 1. The fraction of sp³-hybridized carbons (Fsp3) is 0.158. The van der Waals surface area contributed by atoms with E-state index < -0.39 is 0 Å². The van der Waals surface area contributed by atoms with Crippen LogP contribution in [0.5, 0.6) is 11.5 Å². The number of aryl methyl sites for hydroxylation is 1. The zero-order valence-electron chi connectivity index (χ0n) is 14.2. The molecule has 0 N–H and O–H groups in total. The number of benzene rings is 2. The van der Waals surface area contributed by atoms with E-state index in [1.165, 1.54) is 17.4 Å². The Morgan fingerprint density at radius 3 is 2.64 bits per heavy atom. The third-order valence-electron chi connectivity index (χ3n) is 3.76. The summed E-state index contributed by atoms with van der Waals surface area (Å²) in [7, 11) is 5.05. The van der Waals surface area contributed by atoms with E-state index in [0.29, 0.717) is 16.3 Å². The molecular weight excluding hydrogens is 336 g/mol. The maximum Gasteiger partial charge on any atom is 0.272 e. The summed E-state index contributed by atoms with van der Waals surface area (Å²) in [5, 5.41) is 0. The van der Waals surface area contributed by atoms with E-state index in [4.69, 9.17) is 9.47 Å². The molecule has 6 heteroatoms. The van der Waals surface area contributed by atoms with Crippen LogP contribution >= 0.6 is 11.3 Å². The Hall–Kier alpha value is -2.86. The van der Waals surface area contributed by atoms with E-state index in [0.717, 1.165) is 15.8 Å². The molecule has 0 atom stereocenters. The van der Waals surface area contributed by atoms with Crippen molar-refractivity contribution in [3.63, 3.8) is 0 Å². The van der Waals surface area contributed by atoms with Crippen LogP contribution in [0, 0.1) is 0 Å². The van der Waals surface area contributed by atoms with Gasteiger partial charge in [-0.15, -0.1) is 0 Å². The number of para-hydroxylation sites is 2. The molecule has 0 radical (unpaired) electrons. The van der Waals surface area contributed by atoms with Crippen LogP contribution in [0.4, 0.5) is 0 Å². The number of hydrogen-bond donors (Lipinski definition) is 0. The van der Waals surface area contributed by atoms with Crippen molar-refractivity contribution in [2.24, 2.45) is 12.0 Å². The van der Waals surface area contributed by atoms with E-state index in [2.05, 4.69) is 4.99 Å². The molecule has 0 aliphatic rings. The average Bonchev–Trinajstić information content (AvgIpc) is 2.95. The quantitative estimate of drug-likeness (QED) is 0.675. The van der Waals surface area contributed by atoms with E-state index in [9.17, 15) is 4.79 Å². The molecule has 0 unspecified atom stereocenters. The largest absolute Gasteiger partial charge is 0.493 e. The molecule has 2 aromatic carbocycles. The minimum atomic E-state index is -0.327. The third-order valence-corrected chi connectivity index (χ3v) is 4.87. The molecule has 0 aliphatic carbocycles. The Bertz CT molecular complexity index is 1010. The number of aromatic nitrogens is 1. The lowest BCUT2D eigenvalue weighted by Crippen LogP contribution is -2.12. The van der Waals surface area contributed by atoms with E-state index in [1.807, 2.05) is 48.0 Å². The second-order valence-electron chi connectivity index (χ2n) is 5.28. The van der Waals surface area contributed by atoms with Gasteiger partial charge in [0.05, 0.1) is 24.4 Å². The highest BCUT2D eigenvalue weighted by Gasteiger charge is 2.07. The molecule has 0 spiro atoms. The molecule has 3 aromatic rings. The van der Waals surface area contributed by atoms with Crippen molar-refractivity contribution in [3.8, 4) is 11.5 Å². The molecular formula is C19H18N2O3S. The summed E-state index contributed by atoms with van der Waals surface area (Å²) in [6.45, 7) is 0. The second kappa shape index (κ2) is 7.36. The lowest BCUT2D eigenvalue weighted by Gasteiger charge is -2.09. The normalized spacial score (nSPS) is 12.0. The van der Waals surface area contributed by atoms with Gasteiger partial charge in [0, 0.05) is 18.7 Å². The molecule has 5 nitrogen and oxygen atoms in total. The number of thiazole rings is 1. The van der Waals surface area contributed by atoms with Gasteiger partial charge >= 0.3 is 0 Å². The Kier molecular flexibility index (Phi) is 5.00. The molecule has 1 amide bonds. The first-order chi connectivity index (χ1) is 12.1. The van der Waals surface area contributed by atoms with Gasteiger partial charge in [0.15, 0.2) is 16.3 Å². The average molecular weight is 354 g/mol. The summed E-state index contributed by atoms with van der Waals surface area (Å²) in [6, 6.07) is 13.5. The lowest BCUT2D eigenvalue weighted by molar-refractivity contribution is -0.113. The second-order valence-corrected chi connectivity index (χ2v) is 6.29. The predicted octanol–water partition coefficient (Wildman–Crippen LogP) is 3.40. The zero-order chi connectivity index (χ0) is 17.8. The van der Waals surface area contributed by atoms with Crippen LogP contribution in [0.3, 0.4) is 0 Å². The van der Waals surface area contributed by atoms with Crippen LogP contribution in [-0.4, -0.2) is 24.7 Å². The molecule has 0 bridgehead atoms. The number of hydrogen-bond acceptors (Lipinski definition) is 4. The lowest BCUT2D eigenvalue weighted by atomic mass is 10.1. The third kappa shape index (κ3) is 3.49. The fourth-order valence-corrected chi connectivity index (χ4v) is 3.55. The first kappa shape index (κ1) is 17.0. The number of rotatable bonds is 4. The number of carbonyl (C=O) groups is 1. The van der Waals surface area contributed by atoms with E-state index in [-0.39, 0.29) is 5.91 Å². The molecule has 0 saturated carbocycles. The van der Waals surface area contributed by atoms with Gasteiger partial charge in [-0.2, -0.15) is 4.99 Å². The summed E-state index contributed by atoms with van der Waals surface area (Å²) in [5.41, 5.74) is 1.81. The molecule has 3 rings (SSSR count). The Balaban J connectivity index is 1.92. The van der Waals surface area contributed by atoms with Gasteiger partial charge in [-0.25, -0.2) is 0 Å². The van der Waals surface area contributed by atoms with Crippen molar-refractivity contribution in [3.05, 3.63) is 58.9 Å². The van der Waals surface area contributed by atoms with Crippen LogP contribution < -0.4 is 14.3 Å². The molecule has 128 valence electrons. The van der Waals surface area contributed by atoms with Crippen molar-refractivity contribution in [2.75, 3.05) is 14.2 Å². The standard InChI is InChI=1S/C19H18N2O3S/c1-21-14-8-4-5-10-16(14)25-19(21)20-17(22)12-11-13-7-6-9-15(23-2)18(13)24-3/h4-12H,1-3H3/b12-11+,20-19?. The van der Waals surface area contributed by atoms with Crippen molar-refractivity contribution in [2.45, 2.75) is 0 Å². The highest BCUT2D eigenvalue weighted by atomic mass is 32.1. The van der Waals surface area contributed by atoms with Crippen LogP contribution in [0.1, 0.15) is 5.56 Å². The highest BCUT2D eigenvalue weighted by molar-refractivity contribution is 7.16. The number of nitrogens with zero attached hydrogens (tertiary/aromatic N) is 2. The fourth-order valence-electron chi connectivity index (χ4n) is 2.52. The van der Waals surface area contributed by atoms with Crippen molar-refractivity contribution in [1.82, 2.24) is 4.57 Å². The van der Waals surface area contributed by atoms with Crippen LogP contribution in [0.15, 0.2) is 53.5 Å². The van der Waals surface area contributed by atoms with E-state index in [1.54, 1.807) is 26.4 Å². The van der Waals surface area contributed by atoms with Gasteiger partial charge in [-0.05, 0) is 24.3 Å². The summed E-state index contributed by atoms with van der Waals surface area (Å²) in [6.07, 6.45) is 3.11. The maximum absolute atomic E-state index is 12.2. The highest BCUT2D eigenvalue weighted by Crippen LogP contribution is 2.31. The molecule has 25 heavy (non-hydrogen) atoms. The number of ether oxygens (including phenoxy) is 2. The maximum atomic E-state index is 12.2. The summed E-state index contributed by atoms with van der Waals surface area (Å²) in [4.78, 5) is 17.1. The van der Waals surface area contributed by atoms with Gasteiger partial charge in [-0.1, -0.05) is 35.6 Å². The molecule has 0 saturated heterocycles.